The standard InChI is InChI=1S/C18H13Cl2F2N3S2/c1-18(2,13-5-4-11(26)17(22)24-13)10-3-6-14(25-15(10)19)27-12-7-9(21)8-23-16(12)20/h3-8,26H,1-2H3. The molecule has 0 aliphatic rings. The lowest BCUT2D eigenvalue weighted by Crippen LogP contribution is -2.22. The van der Waals surface area contributed by atoms with Crippen LogP contribution >= 0.6 is 47.6 Å². The molecule has 0 spiro atoms. The molecule has 3 heterocycles. The second kappa shape index (κ2) is 7.91. The van der Waals surface area contributed by atoms with Crippen LogP contribution in [0.2, 0.25) is 10.3 Å². The van der Waals surface area contributed by atoms with Crippen molar-refractivity contribution in [3.63, 3.8) is 0 Å². The van der Waals surface area contributed by atoms with E-state index >= 15 is 0 Å². The first-order valence-electron chi connectivity index (χ1n) is 7.70. The van der Waals surface area contributed by atoms with Crippen molar-refractivity contribution in [2.24, 2.45) is 0 Å². The van der Waals surface area contributed by atoms with E-state index in [4.69, 9.17) is 23.2 Å². The Balaban J connectivity index is 1.94. The molecule has 0 bridgehead atoms. The van der Waals surface area contributed by atoms with Crippen LogP contribution in [0.15, 0.2) is 51.3 Å². The lowest BCUT2D eigenvalue weighted by Gasteiger charge is -2.25. The molecule has 140 valence electrons. The first-order chi connectivity index (χ1) is 12.7. The maximum Gasteiger partial charge on any atom is 0.226 e. The highest BCUT2D eigenvalue weighted by molar-refractivity contribution is 7.99. The molecular weight excluding hydrogens is 431 g/mol. The normalized spacial score (nSPS) is 11.7. The lowest BCUT2D eigenvalue weighted by atomic mass is 9.82. The van der Waals surface area contributed by atoms with Gasteiger partial charge >= 0.3 is 0 Å². The van der Waals surface area contributed by atoms with Gasteiger partial charge in [0.2, 0.25) is 5.95 Å². The zero-order valence-electron chi connectivity index (χ0n) is 14.2. The van der Waals surface area contributed by atoms with Crippen LogP contribution in [0.1, 0.15) is 25.1 Å². The number of hydrogen-bond acceptors (Lipinski definition) is 5. The van der Waals surface area contributed by atoms with Crippen LogP contribution in [0, 0.1) is 11.8 Å². The molecule has 9 heteroatoms. The van der Waals surface area contributed by atoms with E-state index in [9.17, 15) is 8.78 Å². The van der Waals surface area contributed by atoms with Gasteiger partial charge in [-0.15, -0.1) is 12.6 Å². The molecule has 0 N–H and O–H groups in total. The molecule has 3 aromatic rings. The van der Waals surface area contributed by atoms with Crippen LogP contribution in [0.4, 0.5) is 8.78 Å². The monoisotopic (exact) mass is 443 g/mol. The van der Waals surface area contributed by atoms with Gasteiger partial charge in [0, 0.05) is 11.0 Å². The van der Waals surface area contributed by atoms with E-state index in [1.165, 1.54) is 6.07 Å². The average molecular weight is 444 g/mol. The molecule has 0 fully saturated rings. The van der Waals surface area contributed by atoms with E-state index < -0.39 is 17.2 Å². The minimum Gasteiger partial charge on any atom is -0.240 e. The minimum atomic E-state index is -0.687. The summed E-state index contributed by atoms with van der Waals surface area (Å²) in [5, 5.41) is 0.941. The van der Waals surface area contributed by atoms with E-state index in [1.807, 2.05) is 13.8 Å². The summed E-state index contributed by atoms with van der Waals surface area (Å²) in [5.74, 6) is -1.14. The second-order valence-corrected chi connectivity index (χ2v) is 8.42. The van der Waals surface area contributed by atoms with Gasteiger partial charge in [0.05, 0.1) is 21.7 Å². The van der Waals surface area contributed by atoms with Crippen molar-refractivity contribution in [1.82, 2.24) is 15.0 Å². The number of rotatable bonds is 4. The Kier molecular flexibility index (Phi) is 5.96. The van der Waals surface area contributed by atoms with Crippen molar-refractivity contribution in [2.45, 2.75) is 34.1 Å². The molecule has 0 saturated heterocycles. The first kappa shape index (κ1) is 20.3. The van der Waals surface area contributed by atoms with Crippen LogP contribution in [-0.2, 0) is 5.41 Å². The largest absolute Gasteiger partial charge is 0.240 e. The van der Waals surface area contributed by atoms with Crippen LogP contribution < -0.4 is 0 Å². The number of nitrogens with zero attached hydrogens (tertiary/aromatic N) is 3. The van der Waals surface area contributed by atoms with Gasteiger partial charge in [0.15, 0.2) is 0 Å². The van der Waals surface area contributed by atoms with Gasteiger partial charge < -0.3 is 0 Å². The van der Waals surface area contributed by atoms with Gasteiger partial charge in [-0.1, -0.05) is 54.9 Å². The second-order valence-electron chi connectivity index (χ2n) is 6.16. The zero-order valence-corrected chi connectivity index (χ0v) is 17.4. The van der Waals surface area contributed by atoms with E-state index in [-0.39, 0.29) is 15.2 Å². The third-order valence-corrected chi connectivity index (χ3v) is 5.96. The van der Waals surface area contributed by atoms with Gasteiger partial charge in [0.1, 0.15) is 21.1 Å². The van der Waals surface area contributed by atoms with Gasteiger partial charge in [-0.2, -0.15) is 4.39 Å². The van der Waals surface area contributed by atoms with Gasteiger partial charge in [-0.25, -0.2) is 19.3 Å². The van der Waals surface area contributed by atoms with Crippen LogP contribution in [0.3, 0.4) is 0 Å². The minimum absolute atomic E-state index is 0.172. The molecule has 3 aromatic heterocycles. The molecule has 0 amide bonds. The maximum atomic E-state index is 13.8. The number of pyridine rings is 3. The molecule has 3 nitrogen and oxygen atoms in total. The fourth-order valence-electron chi connectivity index (χ4n) is 2.44. The Labute approximate surface area is 175 Å². The highest BCUT2D eigenvalue weighted by Gasteiger charge is 2.29. The number of aromatic nitrogens is 3. The molecule has 0 aliphatic heterocycles. The third-order valence-electron chi connectivity index (χ3n) is 3.95. The number of hydrogen-bond donors (Lipinski definition) is 1. The van der Waals surface area contributed by atoms with Crippen molar-refractivity contribution in [3.8, 4) is 0 Å². The smallest absolute Gasteiger partial charge is 0.226 e. The predicted octanol–water partition coefficient (Wildman–Crippen LogP) is 6.22. The fraction of sp³-hybridized carbons (Fsp3) is 0.167. The summed E-state index contributed by atoms with van der Waals surface area (Å²) < 4.78 is 27.2. The van der Waals surface area contributed by atoms with E-state index in [0.29, 0.717) is 21.2 Å². The van der Waals surface area contributed by atoms with Crippen LogP contribution in [0.5, 0.6) is 0 Å². The van der Waals surface area contributed by atoms with Crippen molar-refractivity contribution in [1.29, 1.82) is 0 Å². The van der Waals surface area contributed by atoms with E-state index in [0.717, 1.165) is 18.0 Å². The Morgan fingerprint density at radius 2 is 1.78 bits per heavy atom. The topological polar surface area (TPSA) is 38.7 Å². The van der Waals surface area contributed by atoms with Gasteiger partial charge in [0.25, 0.3) is 0 Å². The first-order valence-corrected chi connectivity index (χ1v) is 9.72. The SMILES string of the molecule is CC(C)(c1ccc(S)c(F)n1)c1ccc(Sc2cc(F)cnc2Cl)nc1Cl. The van der Waals surface area contributed by atoms with Crippen LogP contribution in [0.25, 0.3) is 0 Å². The molecular formula is C18H13Cl2F2N3S2. The summed E-state index contributed by atoms with van der Waals surface area (Å²) >= 11 is 17.5. The van der Waals surface area contributed by atoms with Crippen molar-refractivity contribution in [3.05, 3.63) is 69.9 Å². The molecule has 0 saturated carbocycles. The summed E-state index contributed by atoms with van der Waals surface area (Å²) in [7, 11) is 0. The van der Waals surface area contributed by atoms with Gasteiger partial charge in [-0.3, -0.25) is 0 Å². The summed E-state index contributed by atoms with van der Waals surface area (Å²) in [6.07, 6.45) is 1.04. The molecule has 0 aromatic carbocycles. The van der Waals surface area contributed by atoms with E-state index in [2.05, 4.69) is 27.6 Å². The molecule has 3 rings (SSSR count). The van der Waals surface area contributed by atoms with Crippen molar-refractivity contribution < 1.29 is 8.78 Å². The summed E-state index contributed by atoms with van der Waals surface area (Å²) in [5.41, 5.74) is 0.489. The molecule has 0 atom stereocenters. The average Bonchev–Trinajstić information content (AvgIpc) is 2.60. The van der Waals surface area contributed by atoms with Crippen LogP contribution in [-0.4, -0.2) is 15.0 Å². The lowest BCUT2D eigenvalue weighted by molar-refractivity contribution is 0.523. The zero-order chi connectivity index (χ0) is 19.8. The Morgan fingerprint density at radius 1 is 1.04 bits per heavy atom. The maximum absolute atomic E-state index is 13.8. The van der Waals surface area contributed by atoms with E-state index in [1.54, 1.807) is 24.3 Å². The highest BCUT2D eigenvalue weighted by Crippen LogP contribution is 2.38. The molecule has 27 heavy (non-hydrogen) atoms. The van der Waals surface area contributed by atoms with Crippen molar-refractivity contribution >= 4 is 47.6 Å². The molecule has 0 aliphatic carbocycles. The predicted molar refractivity (Wildman–Crippen MR) is 106 cm³/mol. The Bertz CT molecular complexity index is 1020. The summed E-state index contributed by atoms with van der Waals surface area (Å²) in [6.45, 7) is 3.74. The Morgan fingerprint density at radius 3 is 2.44 bits per heavy atom. The number of thiol groups is 1. The van der Waals surface area contributed by atoms with Crippen molar-refractivity contribution in [2.75, 3.05) is 0 Å². The molecule has 0 unspecified atom stereocenters. The van der Waals surface area contributed by atoms with Gasteiger partial charge in [-0.05, 0) is 24.3 Å². The third kappa shape index (κ3) is 4.37. The number of halogens is 4. The summed E-state index contributed by atoms with van der Waals surface area (Å²) in [6, 6.07) is 8.04. The fourth-order valence-corrected chi connectivity index (χ4v) is 4.03. The molecule has 0 radical (unpaired) electrons. The summed E-state index contributed by atoms with van der Waals surface area (Å²) in [4.78, 5) is 12.7. The highest BCUT2D eigenvalue weighted by atomic mass is 35.5. The quantitative estimate of drug-likeness (QED) is 0.383. The Hall–Kier alpha value is -1.41.